The van der Waals surface area contributed by atoms with Crippen LogP contribution >= 0.6 is 11.3 Å². The standard InChI is InChI=1S/C11H11N3O3S/c1-2-17-11(16)10(8-4-6-18-7-8)14-13-9(15)3-5-12/h4,6-7H,2-3H2,1H3,(H,13,15)/b14-10-. The van der Waals surface area contributed by atoms with E-state index in [0.717, 1.165) is 0 Å². The number of ether oxygens (including phenoxy) is 1. The molecule has 7 heteroatoms. The van der Waals surface area contributed by atoms with Gasteiger partial charge in [0.15, 0.2) is 5.71 Å². The van der Waals surface area contributed by atoms with Gasteiger partial charge in [-0.15, -0.1) is 0 Å². The fraction of sp³-hybridized carbons (Fsp3) is 0.273. The van der Waals surface area contributed by atoms with E-state index < -0.39 is 11.9 Å². The van der Waals surface area contributed by atoms with E-state index in [1.165, 1.54) is 11.3 Å². The van der Waals surface area contributed by atoms with Crippen LogP contribution in [0.5, 0.6) is 0 Å². The molecule has 1 amide bonds. The van der Waals surface area contributed by atoms with Crippen molar-refractivity contribution in [3.8, 4) is 6.07 Å². The van der Waals surface area contributed by atoms with Crippen molar-refractivity contribution in [3.05, 3.63) is 22.4 Å². The third-order valence-corrected chi connectivity index (χ3v) is 2.48. The van der Waals surface area contributed by atoms with Crippen molar-refractivity contribution in [2.24, 2.45) is 5.10 Å². The second-order valence-corrected chi connectivity index (χ2v) is 3.84. The van der Waals surface area contributed by atoms with E-state index >= 15 is 0 Å². The van der Waals surface area contributed by atoms with Gasteiger partial charge in [0, 0.05) is 10.9 Å². The summed E-state index contributed by atoms with van der Waals surface area (Å²) in [6.45, 7) is 1.89. The zero-order valence-corrected chi connectivity index (χ0v) is 10.5. The molecule has 0 fully saturated rings. The van der Waals surface area contributed by atoms with Gasteiger partial charge in [-0.25, -0.2) is 10.2 Å². The Hall–Kier alpha value is -2.20. The third-order valence-electron chi connectivity index (χ3n) is 1.80. The zero-order valence-electron chi connectivity index (χ0n) is 9.67. The maximum absolute atomic E-state index is 11.6. The lowest BCUT2D eigenvalue weighted by atomic mass is 10.2. The summed E-state index contributed by atoms with van der Waals surface area (Å²) in [4.78, 5) is 22.8. The Bertz CT molecular complexity index is 488. The first-order valence-corrected chi connectivity index (χ1v) is 6.06. The van der Waals surface area contributed by atoms with Crippen molar-refractivity contribution in [3.63, 3.8) is 0 Å². The van der Waals surface area contributed by atoms with Crippen molar-refractivity contribution in [2.45, 2.75) is 13.3 Å². The summed E-state index contributed by atoms with van der Waals surface area (Å²) in [6, 6.07) is 3.38. The second kappa shape index (κ2) is 7.19. The molecule has 6 nitrogen and oxygen atoms in total. The molecule has 0 saturated heterocycles. The number of amides is 1. The molecule has 0 unspecified atom stereocenters. The molecule has 0 atom stereocenters. The normalized spacial score (nSPS) is 10.6. The lowest BCUT2D eigenvalue weighted by Crippen LogP contribution is -2.25. The maximum Gasteiger partial charge on any atom is 0.359 e. The Morgan fingerprint density at radius 3 is 2.94 bits per heavy atom. The van der Waals surface area contributed by atoms with Crippen molar-refractivity contribution >= 4 is 28.9 Å². The lowest BCUT2D eigenvalue weighted by Gasteiger charge is -2.04. The number of rotatable bonds is 5. The topological polar surface area (TPSA) is 91.5 Å². The van der Waals surface area contributed by atoms with Crippen molar-refractivity contribution in [1.82, 2.24) is 5.43 Å². The smallest absolute Gasteiger partial charge is 0.359 e. The molecule has 0 spiro atoms. The predicted molar refractivity (Wildman–Crippen MR) is 65.9 cm³/mol. The van der Waals surface area contributed by atoms with Gasteiger partial charge in [0.05, 0.1) is 12.7 Å². The number of hydrogen-bond acceptors (Lipinski definition) is 6. The molecule has 1 aromatic heterocycles. The van der Waals surface area contributed by atoms with Crippen LogP contribution in [0.25, 0.3) is 0 Å². The summed E-state index contributed by atoms with van der Waals surface area (Å²) in [6.07, 6.45) is -0.316. The van der Waals surface area contributed by atoms with Gasteiger partial charge in [0.25, 0.3) is 5.91 Å². The Kier molecular flexibility index (Phi) is 5.54. The van der Waals surface area contributed by atoms with Crippen LogP contribution in [-0.4, -0.2) is 24.2 Å². The molecule has 0 aliphatic carbocycles. The summed E-state index contributed by atoms with van der Waals surface area (Å²) < 4.78 is 4.84. The molecule has 0 saturated carbocycles. The molecule has 94 valence electrons. The van der Waals surface area contributed by atoms with Gasteiger partial charge < -0.3 is 4.74 Å². The summed E-state index contributed by atoms with van der Waals surface area (Å²) in [5.74, 6) is -1.19. The monoisotopic (exact) mass is 265 g/mol. The fourth-order valence-electron chi connectivity index (χ4n) is 1.06. The molecule has 0 aliphatic rings. The van der Waals surface area contributed by atoms with Gasteiger partial charge in [-0.2, -0.15) is 21.7 Å². The number of nitrogens with one attached hydrogen (secondary N) is 1. The van der Waals surface area contributed by atoms with Crippen molar-refractivity contribution in [2.75, 3.05) is 6.61 Å². The van der Waals surface area contributed by atoms with Gasteiger partial charge in [-0.05, 0) is 18.4 Å². The quantitative estimate of drug-likeness (QED) is 0.489. The van der Waals surface area contributed by atoms with E-state index in [2.05, 4.69) is 10.5 Å². The van der Waals surface area contributed by atoms with E-state index in [-0.39, 0.29) is 18.7 Å². The van der Waals surface area contributed by atoms with Gasteiger partial charge in [0.1, 0.15) is 6.42 Å². The number of carbonyl (C=O) groups excluding carboxylic acids is 2. The van der Waals surface area contributed by atoms with Crippen LogP contribution in [0.15, 0.2) is 21.9 Å². The summed E-state index contributed by atoms with van der Waals surface area (Å²) in [5.41, 5.74) is 2.73. The highest BCUT2D eigenvalue weighted by Crippen LogP contribution is 2.08. The Balaban J connectivity index is 2.85. The minimum Gasteiger partial charge on any atom is -0.461 e. The van der Waals surface area contributed by atoms with Gasteiger partial charge in [-0.3, -0.25) is 4.79 Å². The van der Waals surface area contributed by atoms with Crippen molar-refractivity contribution < 1.29 is 14.3 Å². The highest BCUT2D eigenvalue weighted by atomic mass is 32.1. The Labute approximate surface area is 108 Å². The maximum atomic E-state index is 11.6. The van der Waals surface area contributed by atoms with Gasteiger partial charge in [-0.1, -0.05) is 0 Å². The molecule has 18 heavy (non-hydrogen) atoms. The number of nitriles is 1. The summed E-state index contributed by atoms with van der Waals surface area (Å²) >= 11 is 1.39. The first-order chi connectivity index (χ1) is 8.69. The number of hydrazone groups is 1. The number of thiophene rings is 1. The predicted octanol–water partition coefficient (Wildman–Crippen LogP) is 1.05. The molecule has 0 radical (unpaired) electrons. The highest BCUT2D eigenvalue weighted by molar-refractivity contribution is 7.08. The molecule has 1 N–H and O–H groups in total. The molecule has 0 aromatic carbocycles. The number of esters is 1. The van der Waals surface area contributed by atoms with E-state index in [1.54, 1.807) is 29.8 Å². The zero-order chi connectivity index (χ0) is 13.4. The van der Waals surface area contributed by atoms with Crippen LogP contribution in [-0.2, 0) is 14.3 Å². The van der Waals surface area contributed by atoms with Gasteiger partial charge in [0.2, 0.25) is 0 Å². The molecule has 1 rings (SSSR count). The largest absolute Gasteiger partial charge is 0.461 e. The van der Waals surface area contributed by atoms with Crippen LogP contribution in [0.4, 0.5) is 0 Å². The van der Waals surface area contributed by atoms with E-state index in [0.29, 0.717) is 5.56 Å². The summed E-state index contributed by atoms with van der Waals surface area (Å²) in [7, 11) is 0. The second-order valence-electron chi connectivity index (χ2n) is 3.06. The van der Waals surface area contributed by atoms with E-state index in [9.17, 15) is 9.59 Å². The first-order valence-electron chi connectivity index (χ1n) is 5.12. The molecule has 1 aromatic rings. The lowest BCUT2D eigenvalue weighted by molar-refractivity contribution is -0.134. The SMILES string of the molecule is CCOC(=O)/C(=N\NC(=O)CC#N)c1ccsc1. The van der Waals surface area contributed by atoms with Crippen molar-refractivity contribution in [1.29, 1.82) is 5.26 Å². The molecule has 0 aliphatic heterocycles. The average molecular weight is 265 g/mol. The fourth-order valence-corrected chi connectivity index (χ4v) is 1.70. The number of carbonyl (C=O) groups is 2. The molecule has 0 bridgehead atoms. The van der Waals surface area contributed by atoms with Crippen LogP contribution in [0.2, 0.25) is 0 Å². The van der Waals surface area contributed by atoms with Crippen LogP contribution in [0.3, 0.4) is 0 Å². The molecular formula is C11H11N3O3S. The first kappa shape index (κ1) is 13.9. The van der Waals surface area contributed by atoms with Crippen LogP contribution < -0.4 is 5.43 Å². The minimum absolute atomic E-state index is 0.0180. The highest BCUT2D eigenvalue weighted by Gasteiger charge is 2.16. The summed E-state index contributed by atoms with van der Waals surface area (Å²) in [5, 5.41) is 15.5. The Morgan fingerprint density at radius 2 is 2.39 bits per heavy atom. The Morgan fingerprint density at radius 1 is 1.61 bits per heavy atom. The van der Waals surface area contributed by atoms with Gasteiger partial charge >= 0.3 is 5.97 Å². The van der Waals surface area contributed by atoms with Crippen LogP contribution in [0.1, 0.15) is 18.9 Å². The minimum atomic E-state index is -0.617. The number of hydrogen-bond donors (Lipinski definition) is 1. The number of nitrogens with zero attached hydrogens (tertiary/aromatic N) is 2. The molecular weight excluding hydrogens is 254 g/mol. The third kappa shape index (κ3) is 3.99. The average Bonchev–Trinajstić information content (AvgIpc) is 2.83. The van der Waals surface area contributed by atoms with E-state index in [4.69, 9.17) is 10.00 Å². The van der Waals surface area contributed by atoms with E-state index in [1.807, 2.05) is 0 Å². The molecule has 1 heterocycles. The van der Waals surface area contributed by atoms with Crippen LogP contribution in [0, 0.1) is 11.3 Å².